The third kappa shape index (κ3) is 3.48. The molecule has 1 aromatic heterocycles. The van der Waals surface area contributed by atoms with Gasteiger partial charge in [0.2, 0.25) is 11.8 Å². The lowest BCUT2D eigenvalue weighted by Gasteiger charge is -2.50. The number of piperazine rings is 1. The first-order valence-corrected chi connectivity index (χ1v) is 15.9. The smallest absolute Gasteiger partial charge is 0.347 e. The minimum atomic E-state index is -1.53. The van der Waals surface area contributed by atoms with Crippen LogP contribution < -0.4 is 16.3 Å². The number of aliphatic hydroxyl groups is 1. The minimum Gasteiger partial charge on any atom is -0.381 e. The fourth-order valence-corrected chi connectivity index (χ4v) is 8.65. The number of fused-ring (bicyclic) bond motifs is 9. The van der Waals surface area contributed by atoms with E-state index in [1.54, 1.807) is 17.2 Å². The quantitative estimate of drug-likeness (QED) is 0.425. The molecule has 0 saturated carbocycles. The van der Waals surface area contributed by atoms with Crippen LogP contribution in [0.1, 0.15) is 51.7 Å². The fraction of sp³-hybridized carbons (Fsp3) is 0.400. The van der Waals surface area contributed by atoms with Crippen LogP contribution in [0, 0.1) is 5.41 Å². The van der Waals surface area contributed by atoms with Crippen LogP contribution in [0.5, 0.6) is 0 Å². The summed E-state index contributed by atoms with van der Waals surface area (Å²) in [5, 5.41) is 15.3. The van der Waals surface area contributed by atoms with Crippen LogP contribution in [0.25, 0.3) is 0 Å². The lowest BCUT2D eigenvalue weighted by Crippen LogP contribution is -2.69. The number of H-pyrrole nitrogens is 1. The third-order valence-electron chi connectivity index (χ3n) is 11.0. The normalized spacial score (nSPS) is 30.8. The Morgan fingerprint density at radius 2 is 1.66 bits per heavy atom. The Hall–Kier alpha value is -4.97. The number of aromatic amines is 1. The molecule has 2 amide bonds. The summed E-state index contributed by atoms with van der Waals surface area (Å²) in [6.07, 6.45) is 4.33. The van der Waals surface area contributed by atoms with Crippen molar-refractivity contribution in [3.63, 3.8) is 0 Å². The number of hydrogen-bond donors (Lipinski definition) is 2. The molecule has 6 heterocycles. The predicted octanol–water partition coefficient (Wildman–Crippen LogP) is 2.46. The zero-order valence-corrected chi connectivity index (χ0v) is 27.0. The Labute approximate surface area is 270 Å². The summed E-state index contributed by atoms with van der Waals surface area (Å²) in [5.41, 5.74) is -2.41. The molecule has 1 unspecified atom stereocenters. The van der Waals surface area contributed by atoms with Gasteiger partial charge in [0.15, 0.2) is 0 Å². The standard InChI is InChI=1S/C35H37N7O5/c1-7-33(4,5)41-23-15-11-9-13-21(23)35(47)19-25-26(43)39-17-16-32(2,3)28-34(20-12-8-10-14-22(20)36-28,42-31(46)38(6)30(45)37-42)18-24(39)27(44)40(25)29(35)41/h7-17,24-25,29,47H,1,18-19H2,2-6H3,(H,37,45)/b17-16-/t24-,25-,29-,34?,35-/m0/s1. The molecule has 12 nitrogen and oxygen atoms in total. The van der Waals surface area contributed by atoms with Crippen LogP contribution in [0.15, 0.2) is 88.0 Å². The highest BCUT2D eigenvalue weighted by Crippen LogP contribution is 2.57. The van der Waals surface area contributed by atoms with E-state index in [9.17, 15) is 19.5 Å². The maximum atomic E-state index is 15.2. The highest BCUT2D eigenvalue weighted by molar-refractivity contribution is 6.08. The number of hydrogen-bond acceptors (Lipinski definition) is 7. The van der Waals surface area contributed by atoms with Gasteiger partial charge < -0.3 is 19.8 Å². The van der Waals surface area contributed by atoms with Crippen molar-refractivity contribution in [2.45, 2.75) is 75.5 Å². The molecule has 0 bridgehead atoms. The molecule has 0 spiro atoms. The second-order valence-electron chi connectivity index (χ2n) is 14.4. The molecular weight excluding hydrogens is 598 g/mol. The van der Waals surface area contributed by atoms with Gasteiger partial charge in [0.25, 0.3) is 0 Å². The van der Waals surface area contributed by atoms with E-state index in [4.69, 9.17) is 4.99 Å². The van der Waals surface area contributed by atoms with Crippen LogP contribution in [0.3, 0.4) is 0 Å². The summed E-state index contributed by atoms with van der Waals surface area (Å²) in [6, 6.07) is 12.8. The molecule has 8 rings (SSSR count). The van der Waals surface area contributed by atoms with Crippen LogP contribution in [0.4, 0.5) is 11.4 Å². The lowest BCUT2D eigenvalue weighted by atomic mass is 9.69. The van der Waals surface area contributed by atoms with Crippen LogP contribution >= 0.6 is 0 Å². The van der Waals surface area contributed by atoms with Crippen LogP contribution in [-0.4, -0.2) is 70.6 Å². The molecule has 0 aliphatic carbocycles. The van der Waals surface area contributed by atoms with Crippen molar-refractivity contribution in [2.24, 2.45) is 17.5 Å². The molecule has 242 valence electrons. The highest BCUT2D eigenvalue weighted by Gasteiger charge is 2.68. The molecule has 5 atom stereocenters. The van der Waals surface area contributed by atoms with E-state index in [0.717, 1.165) is 10.3 Å². The number of allylic oxidation sites excluding steroid dienone is 1. The lowest BCUT2D eigenvalue weighted by molar-refractivity contribution is -0.160. The number of carbonyl (C=O) groups excluding carboxylic acids is 2. The molecule has 12 heteroatoms. The van der Waals surface area contributed by atoms with Gasteiger partial charge in [-0.05, 0) is 26.0 Å². The predicted molar refractivity (Wildman–Crippen MR) is 175 cm³/mol. The summed E-state index contributed by atoms with van der Waals surface area (Å²) < 4.78 is 2.27. The van der Waals surface area contributed by atoms with Gasteiger partial charge in [-0.1, -0.05) is 62.4 Å². The van der Waals surface area contributed by atoms with Crippen molar-refractivity contribution in [3.8, 4) is 0 Å². The van der Waals surface area contributed by atoms with E-state index < -0.39 is 51.7 Å². The van der Waals surface area contributed by atoms with Gasteiger partial charge in [0, 0.05) is 48.3 Å². The molecule has 3 aromatic rings. The summed E-state index contributed by atoms with van der Waals surface area (Å²) in [4.78, 5) is 66.6. The molecule has 0 radical (unpaired) electrons. The average molecular weight is 636 g/mol. The van der Waals surface area contributed by atoms with Gasteiger partial charge in [-0.25, -0.2) is 23.9 Å². The number of aliphatic imine (C=N–C) groups is 1. The van der Waals surface area contributed by atoms with E-state index >= 15 is 4.79 Å². The van der Waals surface area contributed by atoms with Crippen molar-refractivity contribution >= 4 is 28.9 Å². The van der Waals surface area contributed by atoms with E-state index in [1.807, 2.05) is 87.2 Å². The van der Waals surface area contributed by atoms with Gasteiger partial charge in [0.05, 0.1) is 16.9 Å². The maximum Gasteiger partial charge on any atom is 0.347 e. The monoisotopic (exact) mass is 635 g/mol. The number of nitrogens with one attached hydrogen (secondary N) is 1. The largest absolute Gasteiger partial charge is 0.381 e. The van der Waals surface area contributed by atoms with Crippen molar-refractivity contribution in [3.05, 3.63) is 106 Å². The zero-order valence-electron chi connectivity index (χ0n) is 27.0. The summed E-state index contributed by atoms with van der Waals surface area (Å²) >= 11 is 0. The molecule has 2 saturated heterocycles. The second kappa shape index (κ2) is 9.09. The summed E-state index contributed by atoms with van der Waals surface area (Å²) in [7, 11) is 1.39. The maximum absolute atomic E-state index is 15.2. The summed E-state index contributed by atoms with van der Waals surface area (Å²) in [6.45, 7) is 11.9. The first-order valence-electron chi connectivity index (χ1n) is 15.9. The SMILES string of the molecule is C=CC(C)(C)N1c2ccccc2[C@@]2(O)C[C@H]3C(=O)N4/C=C\C(C)(C)C5=Nc6ccccc6C5(n5[nH]c(=O)n(C)c5=O)C[C@H]4C(=O)N3[C@@H]12. The average Bonchev–Trinajstić information content (AvgIpc) is 3.70. The topological polar surface area (TPSA) is 136 Å². The van der Waals surface area contributed by atoms with Crippen molar-refractivity contribution in [1.29, 1.82) is 0 Å². The molecule has 2 aromatic carbocycles. The Morgan fingerprint density at radius 3 is 2.34 bits per heavy atom. The first-order chi connectivity index (χ1) is 22.2. The van der Waals surface area contributed by atoms with E-state index in [2.05, 4.69) is 11.7 Å². The number of benzene rings is 2. The molecule has 5 aliphatic rings. The Bertz CT molecular complexity index is 2100. The number of anilines is 1. The number of aromatic nitrogens is 3. The number of nitrogens with zero attached hydrogens (tertiary/aromatic N) is 6. The minimum absolute atomic E-state index is 0.0234. The third-order valence-corrected chi connectivity index (χ3v) is 11.0. The zero-order chi connectivity index (χ0) is 33.4. The summed E-state index contributed by atoms with van der Waals surface area (Å²) in [5.74, 6) is -0.693. The molecular formula is C35H37N7O5. The molecule has 2 N–H and O–H groups in total. The number of para-hydroxylation sites is 2. The first kappa shape index (κ1) is 29.4. The van der Waals surface area contributed by atoms with E-state index in [1.165, 1.54) is 16.6 Å². The number of carbonyl (C=O) groups is 2. The van der Waals surface area contributed by atoms with Crippen LogP contribution in [-0.2, 0) is 27.8 Å². The second-order valence-corrected chi connectivity index (χ2v) is 14.4. The number of amides is 2. The van der Waals surface area contributed by atoms with Gasteiger partial charge in [-0.15, -0.1) is 6.58 Å². The van der Waals surface area contributed by atoms with Gasteiger partial charge in [-0.3, -0.25) is 14.6 Å². The Balaban J connectivity index is 1.36. The van der Waals surface area contributed by atoms with Gasteiger partial charge in [0.1, 0.15) is 29.4 Å². The van der Waals surface area contributed by atoms with Crippen molar-refractivity contribution in [2.75, 3.05) is 4.90 Å². The highest BCUT2D eigenvalue weighted by atomic mass is 16.3. The number of rotatable bonds is 3. The Morgan fingerprint density at radius 1 is 0.979 bits per heavy atom. The van der Waals surface area contributed by atoms with E-state index in [-0.39, 0.29) is 24.7 Å². The van der Waals surface area contributed by atoms with Gasteiger partial charge in [-0.2, -0.15) is 0 Å². The molecule has 2 fully saturated rings. The fourth-order valence-electron chi connectivity index (χ4n) is 8.65. The van der Waals surface area contributed by atoms with E-state index in [0.29, 0.717) is 22.5 Å². The van der Waals surface area contributed by atoms with Gasteiger partial charge >= 0.3 is 11.4 Å². The molecule has 5 aliphatic heterocycles. The van der Waals surface area contributed by atoms with Crippen molar-refractivity contribution < 1.29 is 14.7 Å². The molecule has 47 heavy (non-hydrogen) atoms. The Kier molecular flexibility index (Phi) is 5.69. The van der Waals surface area contributed by atoms with Crippen molar-refractivity contribution in [1.82, 2.24) is 24.1 Å². The van der Waals surface area contributed by atoms with Crippen LogP contribution in [0.2, 0.25) is 0 Å².